The van der Waals surface area contributed by atoms with Crippen LogP contribution in [0.15, 0.2) is 30.5 Å². The van der Waals surface area contributed by atoms with Gasteiger partial charge in [-0.3, -0.25) is 4.98 Å². The zero-order valence-corrected chi connectivity index (χ0v) is 11.2. The smallest absolute Gasteiger partial charge is 0.218 e. The van der Waals surface area contributed by atoms with Crippen LogP contribution in [0.2, 0.25) is 0 Å². The molecule has 0 spiro atoms. The highest BCUT2D eigenvalue weighted by atomic mass is 16.5. The summed E-state index contributed by atoms with van der Waals surface area (Å²) < 4.78 is 5.61. The Morgan fingerprint density at radius 3 is 2.79 bits per heavy atom. The summed E-state index contributed by atoms with van der Waals surface area (Å²) in [6, 6.07) is 7.47. The van der Waals surface area contributed by atoms with Gasteiger partial charge in [0.2, 0.25) is 5.88 Å². The van der Waals surface area contributed by atoms with Gasteiger partial charge in [-0.2, -0.15) is 4.98 Å². The zero-order valence-electron chi connectivity index (χ0n) is 11.2. The van der Waals surface area contributed by atoms with E-state index < -0.39 is 0 Å². The van der Waals surface area contributed by atoms with E-state index in [1.807, 2.05) is 32.0 Å². The van der Waals surface area contributed by atoms with Gasteiger partial charge < -0.3 is 10.5 Å². The van der Waals surface area contributed by atoms with Gasteiger partial charge in [0.1, 0.15) is 11.6 Å². The molecule has 0 aliphatic carbocycles. The summed E-state index contributed by atoms with van der Waals surface area (Å²) in [7, 11) is 0. The number of ether oxygens (including phenoxy) is 1. The lowest BCUT2D eigenvalue weighted by Gasteiger charge is -2.09. The fraction of sp³-hybridized carbons (Fsp3) is 0.357. The van der Waals surface area contributed by atoms with E-state index in [9.17, 15) is 0 Å². The van der Waals surface area contributed by atoms with E-state index in [0.29, 0.717) is 24.1 Å². The second kappa shape index (κ2) is 6.13. The van der Waals surface area contributed by atoms with Crippen LogP contribution in [0.1, 0.15) is 31.3 Å². The van der Waals surface area contributed by atoms with Crippen LogP contribution in [0.4, 0.5) is 5.82 Å². The summed E-state index contributed by atoms with van der Waals surface area (Å²) in [5, 5.41) is 0. The van der Waals surface area contributed by atoms with Gasteiger partial charge in [-0.25, -0.2) is 4.98 Å². The lowest BCUT2D eigenvalue weighted by molar-refractivity contribution is 0.306. The molecule has 5 heteroatoms. The highest BCUT2D eigenvalue weighted by Crippen LogP contribution is 2.16. The Balaban J connectivity index is 1.96. The van der Waals surface area contributed by atoms with E-state index >= 15 is 0 Å². The molecule has 0 radical (unpaired) electrons. The number of rotatable bonds is 5. The number of nitrogens with zero attached hydrogens (tertiary/aromatic N) is 3. The fourth-order valence-corrected chi connectivity index (χ4v) is 1.60. The van der Waals surface area contributed by atoms with Gasteiger partial charge in [-0.15, -0.1) is 0 Å². The maximum absolute atomic E-state index is 5.74. The van der Waals surface area contributed by atoms with Crippen LogP contribution in [0.3, 0.4) is 0 Å². The normalized spacial score (nSPS) is 10.7. The topological polar surface area (TPSA) is 73.9 Å². The van der Waals surface area contributed by atoms with Gasteiger partial charge in [0.05, 0.1) is 6.61 Å². The molecule has 0 unspecified atom stereocenters. The van der Waals surface area contributed by atoms with Crippen LogP contribution in [0.5, 0.6) is 5.88 Å². The molecule has 0 atom stereocenters. The average Bonchev–Trinajstić information content (AvgIpc) is 2.39. The number of nitrogen functional groups attached to an aromatic ring is 1. The van der Waals surface area contributed by atoms with Crippen molar-refractivity contribution in [2.24, 2.45) is 0 Å². The molecule has 0 bridgehead atoms. The Kier molecular flexibility index (Phi) is 4.28. The molecule has 2 N–H and O–H groups in total. The average molecular weight is 258 g/mol. The highest BCUT2D eigenvalue weighted by molar-refractivity contribution is 5.33. The van der Waals surface area contributed by atoms with Crippen molar-refractivity contribution in [2.45, 2.75) is 26.2 Å². The second-order valence-electron chi connectivity index (χ2n) is 4.56. The summed E-state index contributed by atoms with van der Waals surface area (Å²) in [5.41, 5.74) is 6.73. The van der Waals surface area contributed by atoms with Crippen molar-refractivity contribution >= 4 is 5.82 Å². The van der Waals surface area contributed by atoms with Crippen molar-refractivity contribution in [3.8, 4) is 5.88 Å². The van der Waals surface area contributed by atoms with E-state index in [1.165, 1.54) is 0 Å². The number of nitrogens with two attached hydrogens (primary N) is 1. The monoisotopic (exact) mass is 258 g/mol. The van der Waals surface area contributed by atoms with Crippen molar-refractivity contribution in [1.29, 1.82) is 0 Å². The molecule has 0 saturated carbocycles. The minimum absolute atomic E-state index is 0.224. The number of aromatic nitrogens is 3. The van der Waals surface area contributed by atoms with E-state index in [2.05, 4.69) is 15.0 Å². The summed E-state index contributed by atoms with van der Waals surface area (Å²) in [5.74, 6) is 1.88. The number of anilines is 1. The van der Waals surface area contributed by atoms with Crippen LogP contribution >= 0.6 is 0 Å². The number of hydrogen-bond donors (Lipinski definition) is 1. The lowest BCUT2D eigenvalue weighted by Crippen LogP contribution is -2.07. The molecule has 0 amide bonds. The first-order valence-corrected chi connectivity index (χ1v) is 6.32. The van der Waals surface area contributed by atoms with Crippen molar-refractivity contribution in [2.75, 3.05) is 12.3 Å². The molecule has 100 valence electrons. The summed E-state index contributed by atoms with van der Waals surface area (Å²) >= 11 is 0. The van der Waals surface area contributed by atoms with Gasteiger partial charge in [-0.05, 0) is 12.1 Å². The predicted octanol–water partition coefficient (Wildman–Crippen LogP) is 2.20. The van der Waals surface area contributed by atoms with E-state index in [1.54, 1.807) is 12.3 Å². The van der Waals surface area contributed by atoms with Crippen LogP contribution in [-0.2, 0) is 6.42 Å². The minimum Gasteiger partial charge on any atom is -0.477 e. The van der Waals surface area contributed by atoms with Crippen molar-refractivity contribution in [3.05, 3.63) is 42.0 Å². The standard InChI is InChI=1S/C14H18N4O/c1-10(2)14-17-12(15)9-13(18-14)19-8-6-11-5-3-4-7-16-11/h3-5,7,9-10H,6,8H2,1-2H3,(H2,15,17,18). The summed E-state index contributed by atoms with van der Waals surface area (Å²) in [6.07, 6.45) is 2.51. The van der Waals surface area contributed by atoms with Gasteiger partial charge in [0.25, 0.3) is 0 Å². The predicted molar refractivity (Wildman–Crippen MR) is 74.0 cm³/mol. The van der Waals surface area contributed by atoms with Crippen molar-refractivity contribution < 1.29 is 4.74 Å². The van der Waals surface area contributed by atoms with Crippen LogP contribution in [0.25, 0.3) is 0 Å². The minimum atomic E-state index is 0.224. The van der Waals surface area contributed by atoms with E-state index in [4.69, 9.17) is 10.5 Å². The number of hydrogen-bond acceptors (Lipinski definition) is 5. The van der Waals surface area contributed by atoms with Crippen LogP contribution in [0, 0.1) is 0 Å². The third-order valence-corrected chi connectivity index (χ3v) is 2.59. The van der Waals surface area contributed by atoms with Gasteiger partial charge >= 0.3 is 0 Å². The van der Waals surface area contributed by atoms with Crippen molar-refractivity contribution in [3.63, 3.8) is 0 Å². The lowest BCUT2D eigenvalue weighted by atomic mass is 10.2. The molecule has 5 nitrogen and oxygen atoms in total. The number of pyridine rings is 1. The molecule has 0 aromatic carbocycles. The molecule has 19 heavy (non-hydrogen) atoms. The highest BCUT2D eigenvalue weighted by Gasteiger charge is 2.07. The van der Waals surface area contributed by atoms with E-state index in [-0.39, 0.29) is 5.92 Å². The summed E-state index contributed by atoms with van der Waals surface area (Å²) in [6.45, 7) is 4.56. The molecule has 0 aliphatic rings. The second-order valence-corrected chi connectivity index (χ2v) is 4.56. The fourth-order valence-electron chi connectivity index (χ4n) is 1.60. The third-order valence-electron chi connectivity index (χ3n) is 2.59. The Hall–Kier alpha value is -2.17. The van der Waals surface area contributed by atoms with Crippen molar-refractivity contribution in [1.82, 2.24) is 15.0 Å². The van der Waals surface area contributed by atoms with Gasteiger partial charge in [0, 0.05) is 30.3 Å². The molecule has 0 saturated heterocycles. The first-order chi connectivity index (χ1) is 9.15. The maximum Gasteiger partial charge on any atom is 0.218 e. The Morgan fingerprint density at radius 2 is 2.11 bits per heavy atom. The molecule has 2 aromatic rings. The van der Waals surface area contributed by atoms with E-state index in [0.717, 1.165) is 12.1 Å². The largest absolute Gasteiger partial charge is 0.477 e. The molecule has 2 heterocycles. The zero-order chi connectivity index (χ0) is 13.7. The molecule has 0 fully saturated rings. The Labute approximate surface area is 112 Å². The van der Waals surface area contributed by atoms with Crippen LogP contribution in [-0.4, -0.2) is 21.6 Å². The Bertz CT molecular complexity index is 528. The Morgan fingerprint density at radius 1 is 1.26 bits per heavy atom. The van der Waals surface area contributed by atoms with Crippen LogP contribution < -0.4 is 10.5 Å². The molecular weight excluding hydrogens is 240 g/mol. The molecule has 2 aromatic heterocycles. The molecule has 0 aliphatic heterocycles. The van der Waals surface area contributed by atoms with Gasteiger partial charge in [-0.1, -0.05) is 19.9 Å². The molecule has 2 rings (SSSR count). The first kappa shape index (κ1) is 13.3. The third kappa shape index (κ3) is 3.91. The first-order valence-electron chi connectivity index (χ1n) is 6.32. The molecular formula is C14H18N4O. The SMILES string of the molecule is CC(C)c1nc(N)cc(OCCc2ccccn2)n1. The maximum atomic E-state index is 5.74. The summed E-state index contributed by atoms with van der Waals surface area (Å²) in [4.78, 5) is 12.7. The quantitative estimate of drug-likeness (QED) is 0.890. The van der Waals surface area contributed by atoms with Gasteiger partial charge in [0.15, 0.2) is 0 Å².